The van der Waals surface area contributed by atoms with Crippen molar-refractivity contribution in [3.63, 3.8) is 0 Å². The Balaban J connectivity index is 1.47. The standard InChI is InChI=1S/C20H25N3O/c1-14-20(16-9-11-23(14)12-10-16)22-19-8-5-17(13-21-19)15-3-6-18(24-2)7-4-15/h3-8,13-14,16,20H,9-12H2,1-2H3,(H,21,22)/t14-,20+/m1/s1. The van der Waals surface area contributed by atoms with E-state index >= 15 is 0 Å². The van der Waals surface area contributed by atoms with Crippen molar-refractivity contribution < 1.29 is 4.74 Å². The zero-order valence-electron chi connectivity index (χ0n) is 14.4. The lowest BCUT2D eigenvalue weighted by Gasteiger charge is -2.50. The summed E-state index contributed by atoms with van der Waals surface area (Å²) >= 11 is 0. The van der Waals surface area contributed by atoms with Gasteiger partial charge in [0.05, 0.1) is 7.11 Å². The number of methoxy groups -OCH3 is 1. The zero-order chi connectivity index (χ0) is 16.5. The van der Waals surface area contributed by atoms with Gasteiger partial charge in [0.2, 0.25) is 0 Å². The van der Waals surface area contributed by atoms with Crippen LogP contribution in [0.2, 0.25) is 0 Å². The van der Waals surface area contributed by atoms with Crippen molar-refractivity contribution in [2.45, 2.75) is 31.8 Å². The molecular weight excluding hydrogens is 298 g/mol. The van der Waals surface area contributed by atoms with Gasteiger partial charge in [-0.3, -0.25) is 4.90 Å². The monoisotopic (exact) mass is 323 g/mol. The summed E-state index contributed by atoms with van der Waals surface area (Å²) in [4.78, 5) is 7.25. The van der Waals surface area contributed by atoms with E-state index in [2.05, 4.69) is 46.4 Å². The number of rotatable bonds is 4. The maximum atomic E-state index is 5.21. The Hall–Kier alpha value is -2.07. The van der Waals surface area contributed by atoms with E-state index in [1.807, 2.05) is 18.3 Å². The van der Waals surface area contributed by atoms with Crippen molar-refractivity contribution in [1.82, 2.24) is 9.88 Å². The maximum absolute atomic E-state index is 5.21. The molecule has 1 N–H and O–H groups in total. The highest BCUT2D eigenvalue weighted by Crippen LogP contribution is 2.34. The fourth-order valence-corrected chi connectivity index (χ4v) is 4.15. The second-order valence-corrected chi connectivity index (χ2v) is 6.94. The molecule has 24 heavy (non-hydrogen) atoms. The predicted octanol–water partition coefficient (Wildman–Crippen LogP) is 3.65. The summed E-state index contributed by atoms with van der Waals surface area (Å²) in [6, 6.07) is 13.5. The molecule has 2 aromatic rings. The molecule has 3 saturated heterocycles. The molecule has 2 bridgehead atoms. The van der Waals surface area contributed by atoms with Crippen LogP contribution in [0, 0.1) is 5.92 Å². The third-order valence-corrected chi connectivity index (χ3v) is 5.68. The second-order valence-electron chi connectivity index (χ2n) is 6.94. The van der Waals surface area contributed by atoms with Gasteiger partial charge in [0.25, 0.3) is 0 Å². The van der Waals surface area contributed by atoms with E-state index in [4.69, 9.17) is 4.74 Å². The average molecular weight is 323 g/mol. The van der Waals surface area contributed by atoms with E-state index < -0.39 is 0 Å². The number of hydrogen-bond donors (Lipinski definition) is 1. The van der Waals surface area contributed by atoms with Gasteiger partial charge in [-0.1, -0.05) is 12.1 Å². The Morgan fingerprint density at radius 2 is 1.75 bits per heavy atom. The summed E-state index contributed by atoms with van der Waals surface area (Å²) in [5, 5.41) is 3.69. The molecule has 3 aliphatic rings. The summed E-state index contributed by atoms with van der Waals surface area (Å²) < 4.78 is 5.21. The summed E-state index contributed by atoms with van der Waals surface area (Å²) in [6.07, 6.45) is 4.58. The molecule has 5 rings (SSSR count). The predicted molar refractivity (Wildman–Crippen MR) is 97.4 cm³/mol. The van der Waals surface area contributed by atoms with E-state index in [0.717, 1.165) is 28.6 Å². The molecule has 1 aromatic carbocycles. The number of anilines is 1. The number of fused-ring (bicyclic) bond motifs is 3. The number of benzene rings is 1. The molecule has 3 aliphatic heterocycles. The number of aromatic nitrogens is 1. The lowest BCUT2D eigenvalue weighted by molar-refractivity contribution is 0.0457. The highest BCUT2D eigenvalue weighted by molar-refractivity contribution is 5.64. The van der Waals surface area contributed by atoms with Crippen molar-refractivity contribution in [2.24, 2.45) is 5.92 Å². The number of piperidine rings is 3. The molecule has 4 heteroatoms. The Bertz CT molecular complexity index is 673. The normalized spacial score (nSPS) is 28.6. The van der Waals surface area contributed by atoms with Gasteiger partial charge in [-0.2, -0.15) is 0 Å². The largest absolute Gasteiger partial charge is 0.497 e. The van der Waals surface area contributed by atoms with Gasteiger partial charge in [-0.15, -0.1) is 0 Å². The third kappa shape index (κ3) is 2.86. The van der Waals surface area contributed by atoms with E-state index in [0.29, 0.717) is 12.1 Å². The molecule has 0 saturated carbocycles. The van der Waals surface area contributed by atoms with Crippen LogP contribution in [-0.4, -0.2) is 42.2 Å². The molecule has 126 valence electrons. The smallest absolute Gasteiger partial charge is 0.126 e. The minimum absolute atomic E-state index is 0.520. The van der Waals surface area contributed by atoms with Crippen molar-refractivity contribution in [3.8, 4) is 16.9 Å². The lowest BCUT2D eigenvalue weighted by Crippen LogP contribution is -2.59. The molecule has 0 amide bonds. The molecule has 2 atom stereocenters. The van der Waals surface area contributed by atoms with Crippen LogP contribution in [-0.2, 0) is 0 Å². The van der Waals surface area contributed by atoms with Crippen LogP contribution in [0.5, 0.6) is 5.75 Å². The summed E-state index contributed by atoms with van der Waals surface area (Å²) in [5.41, 5.74) is 2.29. The highest BCUT2D eigenvalue weighted by atomic mass is 16.5. The Morgan fingerprint density at radius 1 is 1.04 bits per heavy atom. The highest BCUT2D eigenvalue weighted by Gasteiger charge is 2.39. The summed E-state index contributed by atoms with van der Waals surface area (Å²) in [5.74, 6) is 2.65. The van der Waals surface area contributed by atoms with Crippen LogP contribution in [0.4, 0.5) is 5.82 Å². The Kier molecular flexibility index (Phi) is 4.15. The quantitative estimate of drug-likeness (QED) is 0.932. The van der Waals surface area contributed by atoms with E-state index in [9.17, 15) is 0 Å². The van der Waals surface area contributed by atoms with Gasteiger partial charge < -0.3 is 10.1 Å². The first-order valence-electron chi connectivity index (χ1n) is 8.85. The summed E-state index contributed by atoms with van der Waals surface area (Å²) in [6.45, 7) is 4.86. The first-order valence-corrected chi connectivity index (χ1v) is 8.85. The van der Waals surface area contributed by atoms with Crippen LogP contribution >= 0.6 is 0 Å². The fourth-order valence-electron chi connectivity index (χ4n) is 4.15. The van der Waals surface area contributed by atoms with Gasteiger partial charge >= 0.3 is 0 Å². The average Bonchev–Trinajstić information content (AvgIpc) is 2.66. The van der Waals surface area contributed by atoms with Crippen LogP contribution < -0.4 is 10.1 Å². The molecule has 0 unspecified atom stereocenters. The fraction of sp³-hybridized carbons (Fsp3) is 0.450. The number of hydrogen-bond acceptors (Lipinski definition) is 4. The Labute approximate surface area is 143 Å². The van der Waals surface area contributed by atoms with Crippen molar-refractivity contribution in [1.29, 1.82) is 0 Å². The molecule has 4 nitrogen and oxygen atoms in total. The minimum atomic E-state index is 0.520. The first-order chi connectivity index (χ1) is 11.7. The summed E-state index contributed by atoms with van der Waals surface area (Å²) in [7, 11) is 1.69. The van der Waals surface area contributed by atoms with E-state index in [-0.39, 0.29) is 0 Å². The van der Waals surface area contributed by atoms with Gasteiger partial charge in [-0.05, 0) is 68.6 Å². The lowest BCUT2D eigenvalue weighted by atomic mass is 9.79. The topological polar surface area (TPSA) is 37.4 Å². The van der Waals surface area contributed by atoms with Crippen molar-refractivity contribution in [2.75, 3.05) is 25.5 Å². The number of nitrogens with zero attached hydrogens (tertiary/aromatic N) is 2. The van der Waals surface area contributed by atoms with Gasteiger partial charge in [0.15, 0.2) is 0 Å². The first kappa shape index (κ1) is 15.5. The number of nitrogens with one attached hydrogen (secondary N) is 1. The minimum Gasteiger partial charge on any atom is -0.497 e. The van der Waals surface area contributed by atoms with Gasteiger partial charge in [-0.25, -0.2) is 4.98 Å². The molecule has 1 aromatic heterocycles. The molecular formula is C20H25N3O. The second kappa shape index (κ2) is 6.44. The van der Waals surface area contributed by atoms with Gasteiger partial charge in [0.1, 0.15) is 11.6 Å². The molecule has 4 heterocycles. The van der Waals surface area contributed by atoms with Crippen molar-refractivity contribution in [3.05, 3.63) is 42.6 Å². The van der Waals surface area contributed by atoms with Crippen LogP contribution in [0.3, 0.4) is 0 Å². The van der Waals surface area contributed by atoms with Gasteiger partial charge in [0, 0.05) is 23.8 Å². The zero-order valence-corrected chi connectivity index (χ0v) is 14.4. The molecule has 3 fully saturated rings. The maximum Gasteiger partial charge on any atom is 0.126 e. The molecule has 0 aliphatic carbocycles. The Morgan fingerprint density at radius 3 is 2.33 bits per heavy atom. The SMILES string of the molecule is COc1ccc(-c2ccc(N[C@@H]3C4CCN(CC4)[C@@H]3C)nc2)cc1. The van der Waals surface area contributed by atoms with Crippen LogP contribution in [0.15, 0.2) is 42.6 Å². The van der Waals surface area contributed by atoms with E-state index in [1.165, 1.54) is 25.9 Å². The van der Waals surface area contributed by atoms with Crippen molar-refractivity contribution >= 4 is 5.82 Å². The molecule has 0 spiro atoms. The number of pyridine rings is 1. The third-order valence-electron chi connectivity index (χ3n) is 5.68. The van der Waals surface area contributed by atoms with Crippen LogP contribution in [0.25, 0.3) is 11.1 Å². The molecule has 0 radical (unpaired) electrons. The van der Waals surface area contributed by atoms with Crippen LogP contribution in [0.1, 0.15) is 19.8 Å². The number of ether oxygens (including phenoxy) is 1. The van der Waals surface area contributed by atoms with E-state index in [1.54, 1.807) is 7.11 Å².